The van der Waals surface area contributed by atoms with E-state index >= 15 is 0 Å². The topological polar surface area (TPSA) is 38.8 Å². The van der Waals surface area contributed by atoms with Gasteiger partial charge in [-0.25, -0.2) is 4.79 Å². The van der Waals surface area contributed by atoms with Crippen LogP contribution in [0.1, 0.15) is 39.7 Å². The van der Waals surface area contributed by atoms with Gasteiger partial charge in [-0.2, -0.15) is 0 Å². The molecule has 1 aliphatic heterocycles. The molecule has 0 N–H and O–H groups in total. The highest BCUT2D eigenvalue weighted by Crippen LogP contribution is 2.38. The molecule has 1 amide bonds. The fourth-order valence-electron chi connectivity index (χ4n) is 2.40. The lowest BCUT2D eigenvalue weighted by Crippen LogP contribution is -2.44. The molecule has 1 unspecified atom stereocenters. The second-order valence-corrected chi connectivity index (χ2v) is 5.92. The first kappa shape index (κ1) is 16.4. The highest BCUT2D eigenvalue weighted by Gasteiger charge is 2.31. The van der Waals surface area contributed by atoms with Crippen LogP contribution in [0.5, 0.6) is 5.75 Å². The minimum absolute atomic E-state index is 0.00879. The van der Waals surface area contributed by atoms with Gasteiger partial charge in [-0.05, 0) is 25.3 Å². The molecule has 0 fully saturated rings. The minimum atomic E-state index is -0.297. The fraction of sp³-hybridized carbons (Fsp3) is 0.500. The molecule has 2 rings (SSSR count). The minimum Gasteiger partial charge on any atom is -0.486 e. The Labute approximate surface area is 132 Å². The number of benzene rings is 1. The summed E-state index contributed by atoms with van der Waals surface area (Å²) in [5.41, 5.74) is 1.77. The molecule has 0 saturated carbocycles. The number of para-hydroxylation sites is 1. The van der Waals surface area contributed by atoms with Crippen molar-refractivity contribution in [1.29, 1.82) is 0 Å². The Bertz CT molecular complexity index is 551. The molecule has 1 atom stereocenters. The number of anilines is 1. The van der Waals surface area contributed by atoms with Crippen molar-refractivity contribution >= 4 is 17.9 Å². The molecular weight excluding hydrogens is 278 g/mol. The zero-order valence-electron chi connectivity index (χ0n) is 13.8. The first-order valence-electron chi connectivity index (χ1n) is 7.93. The largest absolute Gasteiger partial charge is 0.486 e. The van der Waals surface area contributed by atoms with E-state index in [9.17, 15) is 4.79 Å². The average Bonchev–Trinajstić information content (AvgIpc) is 2.52. The number of ether oxygens (including phenoxy) is 2. The van der Waals surface area contributed by atoms with Gasteiger partial charge in [0.25, 0.3) is 0 Å². The maximum atomic E-state index is 12.4. The quantitative estimate of drug-likeness (QED) is 0.822. The zero-order chi connectivity index (χ0) is 16.1. The first-order valence-corrected chi connectivity index (χ1v) is 7.93. The van der Waals surface area contributed by atoms with Gasteiger partial charge in [-0.15, -0.1) is 0 Å². The molecular formula is C18H25NO3. The van der Waals surface area contributed by atoms with Gasteiger partial charge in [0.1, 0.15) is 6.10 Å². The van der Waals surface area contributed by atoms with Crippen molar-refractivity contribution in [3.8, 4) is 5.75 Å². The van der Waals surface area contributed by atoms with Crippen molar-refractivity contribution in [2.75, 3.05) is 18.1 Å². The molecule has 0 spiro atoms. The van der Waals surface area contributed by atoms with Gasteiger partial charge >= 0.3 is 6.09 Å². The van der Waals surface area contributed by atoms with Crippen LogP contribution < -0.4 is 9.64 Å². The summed E-state index contributed by atoms with van der Waals surface area (Å²) < 4.78 is 11.5. The van der Waals surface area contributed by atoms with Crippen LogP contribution in [0.4, 0.5) is 10.5 Å². The monoisotopic (exact) mass is 303 g/mol. The third-order valence-corrected chi connectivity index (χ3v) is 3.55. The highest BCUT2D eigenvalue weighted by molar-refractivity contribution is 5.91. The van der Waals surface area contributed by atoms with Crippen molar-refractivity contribution in [2.45, 2.75) is 40.2 Å². The Morgan fingerprint density at radius 2 is 2.27 bits per heavy atom. The van der Waals surface area contributed by atoms with E-state index in [1.807, 2.05) is 51.1 Å². The molecule has 0 saturated heterocycles. The summed E-state index contributed by atoms with van der Waals surface area (Å²) in [4.78, 5) is 14.1. The summed E-state index contributed by atoms with van der Waals surface area (Å²) in [5.74, 6) is 1.08. The summed E-state index contributed by atoms with van der Waals surface area (Å²) >= 11 is 0. The summed E-state index contributed by atoms with van der Waals surface area (Å²) in [6.45, 7) is 9.04. The average molecular weight is 303 g/mol. The lowest BCUT2D eigenvalue weighted by atomic mass is 10.1. The Hall–Kier alpha value is -1.97. The Morgan fingerprint density at radius 1 is 1.50 bits per heavy atom. The molecule has 1 aromatic carbocycles. The van der Waals surface area contributed by atoms with E-state index in [0.717, 1.165) is 23.4 Å². The smallest absolute Gasteiger partial charge is 0.414 e. The van der Waals surface area contributed by atoms with Crippen LogP contribution in [0.2, 0.25) is 0 Å². The number of rotatable bonds is 4. The first-order chi connectivity index (χ1) is 10.6. The number of amides is 1. The van der Waals surface area contributed by atoms with Crippen molar-refractivity contribution in [2.24, 2.45) is 5.92 Å². The van der Waals surface area contributed by atoms with E-state index in [0.29, 0.717) is 19.1 Å². The number of allylic oxidation sites excluding steroid dienone is 1. The third kappa shape index (κ3) is 3.62. The number of hydrogen-bond donors (Lipinski definition) is 0. The molecule has 0 aliphatic carbocycles. The van der Waals surface area contributed by atoms with Gasteiger partial charge in [0.2, 0.25) is 0 Å². The van der Waals surface area contributed by atoms with E-state index in [1.54, 1.807) is 4.90 Å². The summed E-state index contributed by atoms with van der Waals surface area (Å²) in [6, 6.07) is 5.84. The summed E-state index contributed by atoms with van der Waals surface area (Å²) in [5, 5.41) is 0. The van der Waals surface area contributed by atoms with Crippen LogP contribution in [0, 0.1) is 5.92 Å². The van der Waals surface area contributed by atoms with Crippen LogP contribution in [0.25, 0.3) is 6.08 Å². The lowest BCUT2D eigenvalue weighted by Gasteiger charge is -2.34. The van der Waals surface area contributed by atoms with E-state index in [2.05, 4.69) is 6.92 Å². The number of carbonyl (C=O) groups is 1. The predicted molar refractivity (Wildman–Crippen MR) is 89.4 cm³/mol. The van der Waals surface area contributed by atoms with Crippen molar-refractivity contribution in [3.63, 3.8) is 0 Å². The SMILES string of the molecule is CC=Cc1cccc2c1OC(CC)CN2C(=O)OCC(C)C. The van der Waals surface area contributed by atoms with Gasteiger partial charge in [-0.1, -0.05) is 45.1 Å². The highest BCUT2D eigenvalue weighted by atomic mass is 16.6. The van der Waals surface area contributed by atoms with Gasteiger partial charge in [-0.3, -0.25) is 4.90 Å². The molecule has 1 aromatic rings. The van der Waals surface area contributed by atoms with E-state index in [-0.39, 0.29) is 12.2 Å². The van der Waals surface area contributed by atoms with E-state index in [4.69, 9.17) is 9.47 Å². The predicted octanol–water partition coefficient (Wildman–Crippen LogP) is 4.49. The van der Waals surface area contributed by atoms with Crippen LogP contribution in [0.3, 0.4) is 0 Å². The van der Waals surface area contributed by atoms with E-state index in [1.165, 1.54) is 0 Å². The lowest BCUT2D eigenvalue weighted by molar-refractivity contribution is 0.129. The van der Waals surface area contributed by atoms with E-state index < -0.39 is 0 Å². The Balaban J connectivity index is 2.33. The molecule has 22 heavy (non-hydrogen) atoms. The molecule has 1 aliphatic rings. The van der Waals surface area contributed by atoms with Crippen molar-refractivity contribution in [3.05, 3.63) is 29.8 Å². The number of carbonyl (C=O) groups excluding carboxylic acids is 1. The fourth-order valence-corrected chi connectivity index (χ4v) is 2.40. The van der Waals surface area contributed by atoms with Crippen molar-refractivity contribution < 1.29 is 14.3 Å². The molecule has 120 valence electrons. The molecule has 0 radical (unpaired) electrons. The van der Waals surface area contributed by atoms with Crippen LogP contribution in [-0.2, 0) is 4.74 Å². The van der Waals surface area contributed by atoms with Crippen LogP contribution in [-0.4, -0.2) is 25.3 Å². The van der Waals surface area contributed by atoms with Crippen LogP contribution in [0.15, 0.2) is 24.3 Å². The Kier molecular flexibility index (Phi) is 5.47. The van der Waals surface area contributed by atoms with Gasteiger partial charge in [0, 0.05) is 5.56 Å². The second kappa shape index (κ2) is 7.34. The standard InChI is InChI=1S/C18H25NO3/c1-5-8-14-9-7-10-16-17(14)22-15(6-2)11-19(16)18(20)21-12-13(3)4/h5,7-10,13,15H,6,11-12H2,1-4H3. The molecule has 4 nitrogen and oxygen atoms in total. The second-order valence-electron chi connectivity index (χ2n) is 5.92. The molecule has 1 heterocycles. The zero-order valence-corrected chi connectivity index (χ0v) is 13.8. The number of nitrogens with zero attached hydrogens (tertiary/aromatic N) is 1. The Morgan fingerprint density at radius 3 is 2.91 bits per heavy atom. The summed E-state index contributed by atoms with van der Waals surface area (Å²) in [7, 11) is 0. The summed E-state index contributed by atoms with van der Waals surface area (Å²) in [6.07, 6.45) is 4.50. The third-order valence-electron chi connectivity index (χ3n) is 3.55. The molecule has 0 bridgehead atoms. The molecule has 0 aromatic heterocycles. The van der Waals surface area contributed by atoms with Gasteiger partial charge in [0.15, 0.2) is 5.75 Å². The van der Waals surface area contributed by atoms with Gasteiger partial charge in [0.05, 0.1) is 18.8 Å². The van der Waals surface area contributed by atoms with Crippen molar-refractivity contribution in [1.82, 2.24) is 0 Å². The number of hydrogen-bond acceptors (Lipinski definition) is 3. The van der Waals surface area contributed by atoms with Gasteiger partial charge < -0.3 is 9.47 Å². The van der Waals surface area contributed by atoms with Crippen LogP contribution >= 0.6 is 0 Å². The maximum Gasteiger partial charge on any atom is 0.414 e. The normalized spacial score (nSPS) is 17.5. The number of fused-ring (bicyclic) bond motifs is 1. The molecule has 4 heteroatoms. The maximum absolute atomic E-state index is 12.4.